The summed E-state index contributed by atoms with van der Waals surface area (Å²) < 4.78 is 2.10. The SMILES string of the molecule is CCc1nncn1CCNC(=NCC(C)C)NC1CCCCC1. The van der Waals surface area contributed by atoms with Crippen molar-refractivity contribution in [2.24, 2.45) is 10.9 Å². The van der Waals surface area contributed by atoms with E-state index < -0.39 is 0 Å². The van der Waals surface area contributed by atoms with Gasteiger partial charge in [0.25, 0.3) is 0 Å². The monoisotopic (exact) mass is 320 g/mol. The molecule has 0 aromatic carbocycles. The molecule has 0 saturated heterocycles. The second-order valence-electron chi connectivity index (χ2n) is 6.78. The van der Waals surface area contributed by atoms with E-state index >= 15 is 0 Å². The van der Waals surface area contributed by atoms with Crippen LogP contribution in [0.15, 0.2) is 11.3 Å². The van der Waals surface area contributed by atoms with Gasteiger partial charge in [0.2, 0.25) is 0 Å². The number of guanidine groups is 1. The highest BCUT2D eigenvalue weighted by molar-refractivity contribution is 5.80. The summed E-state index contributed by atoms with van der Waals surface area (Å²) in [7, 11) is 0. The molecule has 1 aromatic heterocycles. The summed E-state index contributed by atoms with van der Waals surface area (Å²) in [6.07, 6.45) is 9.26. The predicted octanol–water partition coefficient (Wildman–Crippen LogP) is 2.36. The minimum Gasteiger partial charge on any atom is -0.355 e. The molecule has 0 bridgehead atoms. The van der Waals surface area contributed by atoms with E-state index in [2.05, 4.69) is 46.2 Å². The van der Waals surface area contributed by atoms with Crippen LogP contribution in [0.25, 0.3) is 0 Å². The second-order valence-corrected chi connectivity index (χ2v) is 6.78. The number of hydrogen-bond acceptors (Lipinski definition) is 3. The number of aryl methyl sites for hydroxylation is 1. The molecule has 1 fully saturated rings. The molecule has 1 aromatic rings. The van der Waals surface area contributed by atoms with Gasteiger partial charge in [0.1, 0.15) is 12.2 Å². The van der Waals surface area contributed by atoms with Gasteiger partial charge in [-0.3, -0.25) is 4.99 Å². The quantitative estimate of drug-likeness (QED) is 0.598. The average Bonchev–Trinajstić information content (AvgIpc) is 3.01. The first kappa shape index (κ1) is 17.8. The van der Waals surface area contributed by atoms with Gasteiger partial charge in [0, 0.05) is 32.1 Å². The zero-order valence-electron chi connectivity index (χ0n) is 14.9. The zero-order valence-corrected chi connectivity index (χ0v) is 14.9. The molecule has 23 heavy (non-hydrogen) atoms. The van der Waals surface area contributed by atoms with Crippen molar-refractivity contribution in [1.29, 1.82) is 0 Å². The summed E-state index contributed by atoms with van der Waals surface area (Å²) in [6.45, 7) is 9.06. The van der Waals surface area contributed by atoms with Crippen molar-refractivity contribution in [2.75, 3.05) is 13.1 Å². The van der Waals surface area contributed by atoms with Crippen molar-refractivity contribution in [3.05, 3.63) is 12.2 Å². The number of nitrogens with zero attached hydrogens (tertiary/aromatic N) is 4. The Morgan fingerprint density at radius 3 is 2.83 bits per heavy atom. The Morgan fingerprint density at radius 2 is 2.13 bits per heavy atom. The molecule has 0 aliphatic heterocycles. The van der Waals surface area contributed by atoms with Crippen molar-refractivity contribution in [2.45, 2.75) is 71.9 Å². The third kappa shape index (κ3) is 6.20. The minimum atomic E-state index is 0.572. The Hall–Kier alpha value is -1.59. The number of aromatic nitrogens is 3. The van der Waals surface area contributed by atoms with E-state index in [1.807, 2.05) is 0 Å². The first-order chi connectivity index (χ1) is 11.2. The minimum absolute atomic E-state index is 0.572. The highest BCUT2D eigenvalue weighted by atomic mass is 15.3. The Morgan fingerprint density at radius 1 is 1.35 bits per heavy atom. The first-order valence-electron chi connectivity index (χ1n) is 9.10. The Kier molecular flexibility index (Phi) is 7.36. The largest absolute Gasteiger partial charge is 0.355 e. The third-order valence-corrected chi connectivity index (χ3v) is 4.22. The smallest absolute Gasteiger partial charge is 0.191 e. The van der Waals surface area contributed by atoms with Crippen LogP contribution >= 0.6 is 0 Å². The van der Waals surface area contributed by atoms with E-state index in [1.54, 1.807) is 6.33 Å². The summed E-state index contributed by atoms with van der Waals surface area (Å²) in [4.78, 5) is 4.73. The van der Waals surface area contributed by atoms with Crippen LogP contribution in [0, 0.1) is 5.92 Å². The van der Waals surface area contributed by atoms with Crippen molar-refractivity contribution in [3.63, 3.8) is 0 Å². The van der Waals surface area contributed by atoms with Crippen molar-refractivity contribution < 1.29 is 0 Å². The Labute approximate surface area is 140 Å². The molecule has 2 N–H and O–H groups in total. The van der Waals surface area contributed by atoms with Gasteiger partial charge >= 0.3 is 0 Å². The summed E-state index contributed by atoms with van der Waals surface area (Å²) in [5, 5.41) is 15.2. The van der Waals surface area contributed by atoms with Gasteiger partial charge in [-0.15, -0.1) is 10.2 Å². The number of nitrogens with one attached hydrogen (secondary N) is 2. The number of rotatable bonds is 7. The van der Waals surface area contributed by atoms with Crippen LogP contribution in [0.2, 0.25) is 0 Å². The standard InChI is InChI=1S/C17H32N6/c1-4-16-22-20-13-23(16)11-10-18-17(19-12-14(2)3)21-15-8-6-5-7-9-15/h13-15H,4-12H2,1-3H3,(H2,18,19,21). The molecule has 0 atom stereocenters. The Bertz CT molecular complexity index is 473. The van der Waals surface area contributed by atoms with Gasteiger partial charge in [-0.05, 0) is 18.8 Å². The number of hydrogen-bond donors (Lipinski definition) is 2. The highest BCUT2D eigenvalue weighted by Crippen LogP contribution is 2.17. The van der Waals surface area contributed by atoms with E-state index in [4.69, 9.17) is 4.99 Å². The fourth-order valence-electron chi connectivity index (χ4n) is 2.90. The van der Waals surface area contributed by atoms with Crippen LogP contribution in [0.4, 0.5) is 0 Å². The maximum atomic E-state index is 4.73. The summed E-state index contributed by atoms with van der Waals surface area (Å²) in [5.41, 5.74) is 0. The molecule has 1 aliphatic rings. The fourth-order valence-corrected chi connectivity index (χ4v) is 2.90. The maximum absolute atomic E-state index is 4.73. The predicted molar refractivity (Wildman–Crippen MR) is 94.6 cm³/mol. The zero-order chi connectivity index (χ0) is 16.5. The lowest BCUT2D eigenvalue weighted by atomic mass is 9.96. The van der Waals surface area contributed by atoms with Crippen LogP contribution in [0.3, 0.4) is 0 Å². The lowest BCUT2D eigenvalue weighted by Crippen LogP contribution is -2.45. The van der Waals surface area contributed by atoms with Crippen molar-refractivity contribution >= 4 is 5.96 Å². The topological polar surface area (TPSA) is 67.1 Å². The van der Waals surface area contributed by atoms with Gasteiger partial charge in [0.05, 0.1) is 0 Å². The van der Waals surface area contributed by atoms with E-state index in [0.717, 1.165) is 37.8 Å². The van der Waals surface area contributed by atoms with Crippen LogP contribution in [-0.4, -0.2) is 39.9 Å². The lowest BCUT2D eigenvalue weighted by Gasteiger charge is -2.25. The molecular formula is C17H32N6. The van der Waals surface area contributed by atoms with Crippen LogP contribution in [-0.2, 0) is 13.0 Å². The molecule has 0 spiro atoms. The maximum Gasteiger partial charge on any atom is 0.191 e. The second kappa shape index (κ2) is 9.53. The average molecular weight is 320 g/mol. The van der Waals surface area contributed by atoms with Crippen molar-refractivity contribution in [1.82, 2.24) is 25.4 Å². The highest BCUT2D eigenvalue weighted by Gasteiger charge is 2.14. The molecule has 6 heteroatoms. The van der Waals surface area contributed by atoms with Gasteiger partial charge in [0.15, 0.2) is 5.96 Å². The molecule has 130 valence electrons. The van der Waals surface area contributed by atoms with Gasteiger partial charge in [-0.2, -0.15) is 0 Å². The van der Waals surface area contributed by atoms with Gasteiger partial charge in [-0.25, -0.2) is 0 Å². The van der Waals surface area contributed by atoms with Crippen molar-refractivity contribution in [3.8, 4) is 0 Å². The summed E-state index contributed by atoms with van der Waals surface area (Å²) >= 11 is 0. The molecule has 0 unspecified atom stereocenters. The molecular weight excluding hydrogens is 288 g/mol. The van der Waals surface area contributed by atoms with Crippen LogP contribution in [0.1, 0.15) is 58.7 Å². The molecule has 6 nitrogen and oxygen atoms in total. The lowest BCUT2D eigenvalue weighted by molar-refractivity contribution is 0.409. The third-order valence-electron chi connectivity index (χ3n) is 4.22. The molecule has 1 aliphatic carbocycles. The molecule has 1 heterocycles. The van der Waals surface area contributed by atoms with Gasteiger partial charge < -0.3 is 15.2 Å². The van der Waals surface area contributed by atoms with Crippen LogP contribution < -0.4 is 10.6 Å². The molecule has 2 rings (SSSR count). The number of aliphatic imine (C=N–C) groups is 1. The summed E-state index contributed by atoms with van der Waals surface area (Å²) in [5.74, 6) is 2.56. The van der Waals surface area contributed by atoms with Crippen LogP contribution in [0.5, 0.6) is 0 Å². The first-order valence-corrected chi connectivity index (χ1v) is 9.10. The fraction of sp³-hybridized carbons (Fsp3) is 0.824. The van der Waals surface area contributed by atoms with E-state index in [9.17, 15) is 0 Å². The van der Waals surface area contributed by atoms with Gasteiger partial charge in [-0.1, -0.05) is 40.0 Å². The van der Waals surface area contributed by atoms with E-state index in [-0.39, 0.29) is 0 Å². The molecule has 0 amide bonds. The normalized spacial score (nSPS) is 16.8. The molecule has 0 radical (unpaired) electrons. The molecule has 1 saturated carbocycles. The summed E-state index contributed by atoms with van der Waals surface area (Å²) in [6, 6.07) is 0.572. The van der Waals surface area contributed by atoms with E-state index in [0.29, 0.717) is 12.0 Å². The Balaban J connectivity index is 1.84. The van der Waals surface area contributed by atoms with E-state index in [1.165, 1.54) is 32.1 Å².